The topological polar surface area (TPSA) is 84.9 Å². The van der Waals surface area contributed by atoms with Crippen LogP contribution >= 0.6 is 0 Å². The molecule has 8 heteroatoms. The number of hydrogen-bond acceptors (Lipinski definition) is 5. The summed E-state index contributed by atoms with van der Waals surface area (Å²) in [7, 11) is -2.26. The zero-order chi connectivity index (χ0) is 18.6. The standard InChI is InChI=1S/C18H20N2O5S/c1-24-17-8-7-15(26(22,23)20-9-11-25-12-10-20)13-16(17)18(21)19-14-5-3-2-4-6-14/h2-8,13H,9-12H2,1H3,(H,19,21). The number of ether oxygens (including phenoxy) is 2. The monoisotopic (exact) mass is 376 g/mol. The Labute approximate surface area is 152 Å². The molecule has 1 aliphatic rings. The van der Waals surface area contributed by atoms with Gasteiger partial charge in [-0.3, -0.25) is 4.79 Å². The highest BCUT2D eigenvalue weighted by atomic mass is 32.2. The maximum Gasteiger partial charge on any atom is 0.259 e. The van der Waals surface area contributed by atoms with Gasteiger partial charge in [0.15, 0.2) is 0 Å². The molecular formula is C18H20N2O5S. The van der Waals surface area contributed by atoms with Gasteiger partial charge in [-0.15, -0.1) is 0 Å². The molecule has 7 nitrogen and oxygen atoms in total. The Bertz CT molecular complexity index is 878. The van der Waals surface area contributed by atoms with Crippen LogP contribution < -0.4 is 10.1 Å². The van der Waals surface area contributed by atoms with E-state index in [-0.39, 0.29) is 10.5 Å². The van der Waals surface area contributed by atoms with E-state index in [1.165, 1.54) is 29.6 Å². The minimum atomic E-state index is -3.70. The second-order valence-corrected chi connectivity index (χ2v) is 7.64. The molecule has 1 aliphatic heterocycles. The van der Waals surface area contributed by atoms with E-state index in [2.05, 4.69) is 5.32 Å². The average molecular weight is 376 g/mol. The lowest BCUT2D eigenvalue weighted by Gasteiger charge is -2.26. The summed E-state index contributed by atoms with van der Waals surface area (Å²) in [6, 6.07) is 13.2. The maximum absolute atomic E-state index is 12.8. The van der Waals surface area contributed by atoms with Gasteiger partial charge in [0.25, 0.3) is 5.91 Å². The molecule has 0 unspecified atom stereocenters. The van der Waals surface area contributed by atoms with Crippen molar-refractivity contribution in [3.63, 3.8) is 0 Å². The minimum absolute atomic E-state index is 0.0541. The highest BCUT2D eigenvalue weighted by Gasteiger charge is 2.28. The van der Waals surface area contributed by atoms with Crippen LogP contribution in [0.25, 0.3) is 0 Å². The van der Waals surface area contributed by atoms with E-state index in [4.69, 9.17) is 9.47 Å². The van der Waals surface area contributed by atoms with E-state index in [0.29, 0.717) is 37.7 Å². The fourth-order valence-corrected chi connectivity index (χ4v) is 4.12. The van der Waals surface area contributed by atoms with Crippen molar-refractivity contribution in [3.8, 4) is 5.75 Å². The van der Waals surface area contributed by atoms with Crippen LogP contribution in [0.3, 0.4) is 0 Å². The predicted molar refractivity (Wildman–Crippen MR) is 97.0 cm³/mol. The largest absolute Gasteiger partial charge is 0.496 e. The van der Waals surface area contributed by atoms with Crippen LogP contribution in [0.1, 0.15) is 10.4 Å². The van der Waals surface area contributed by atoms with Gasteiger partial charge in [-0.2, -0.15) is 4.31 Å². The van der Waals surface area contributed by atoms with Gasteiger partial charge in [0.2, 0.25) is 10.0 Å². The van der Waals surface area contributed by atoms with E-state index in [1.807, 2.05) is 6.07 Å². The first-order valence-corrected chi connectivity index (χ1v) is 9.59. The van der Waals surface area contributed by atoms with Gasteiger partial charge in [0.05, 0.1) is 30.8 Å². The first-order chi connectivity index (χ1) is 12.5. The summed E-state index contributed by atoms with van der Waals surface area (Å²) in [6.07, 6.45) is 0. The first kappa shape index (κ1) is 18.4. The summed E-state index contributed by atoms with van der Waals surface area (Å²) in [4.78, 5) is 12.7. The molecule has 3 rings (SSSR count). The molecule has 138 valence electrons. The fourth-order valence-electron chi connectivity index (χ4n) is 2.68. The third-order valence-corrected chi connectivity index (χ3v) is 5.95. The molecule has 0 radical (unpaired) electrons. The number of anilines is 1. The SMILES string of the molecule is COc1ccc(S(=O)(=O)N2CCOCC2)cc1C(=O)Nc1ccccc1. The lowest BCUT2D eigenvalue weighted by molar-refractivity contribution is 0.0730. The molecule has 0 aliphatic carbocycles. The van der Waals surface area contributed by atoms with Crippen molar-refractivity contribution in [1.29, 1.82) is 0 Å². The molecule has 2 aromatic rings. The van der Waals surface area contributed by atoms with Crippen LogP contribution in [0.2, 0.25) is 0 Å². The van der Waals surface area contributed by atoms with E-state index < -0.39 is 15.9 Å². The van der Waals surface area contributed by atoms with Gasteiger partial charge in [-0.1, -0.05) is 18.2 Å². The van der Waals surface area contributed by atoms with Crippen molar-refractivity contribution in [2.75, 3.05) is 38.7 Å². The quantitative estimate of drug-likeness (QED) is 0.862. The number of benzene rings is 2. The Hall–Kier alpha value is -2.42. The van der Waals surface area contributed by atoms with Crippen LogP contribution in [0.15, 0.2) is 53.4 Å². The average Bonchev–Trinajstić information content (AvgIpc) is 2.69. The number of methoxy groups -OCH3 is 1. The summed E-state index contributed by atoms with van der Waals surface area (Å²) < 4.78 is 37.4. The Morgan fingerprint density at radius 1 is 1.12 bits per heavy atom. The molecule has 1 fully saturated rings. The van der Waals surface area contributed by atoms with E-state index in [9.17, 15) is 13.2 Å². The van der Waals surface area contributed by atoms with E-state index in [0.717, 1.165) is 0 Å². The molecule has 1 heterocycles. The number of sulfonamides is 1. The van der Waals surface area contributed by atoms with Crippen LogP contribution in [-0.2, 0) is 14.8 Å². The number of rotatable bonds is 5. The number of nitrogens with zero attached hydrogens (tertiary/aromatic N) is 1. The van der Waals surface area contributed by atoms with Crippen molar-refractivity contribution in [2.24, 2.45) is 0 Å². The molecule has 1 saturated heterocycles. The van der Waals surface area contributed by atoms with Gasteiger partial charge in [-0.25, -0.2) is 8.42 Å². The zero-order valence-corrected chi connectivity index (χ0v) is 15.2. The van der Waals surface area contributed by atoms with E-state index in [1.54, 1.807) is 24.3 Å². The molecular weight excluding hydrogens is 356 g/mol. The maximum atomic E-state index is 12.8. The van der Waals surface area contributed by atoms with E-state index >= 15 is 0 Å². The van der Waals surface area contributed by atoms with Crippen molar-refractivity contribution in [2.45, 2.75) is 4.90 Å². The minimum Gasteiger partial charge on any atom is -0.496 e. The normalized spacial score (nSPS) is 15.4. The van der Waals surface area contributed by atoms with Crippen LogP contribution in [-0.4, -0.2) is 52.0 Å². The molecule has 0 atom stereocenters. The number of para-hydroxylation sites is 1. The molecule has 0 bridgehead atoms. The molecule has 2 aromatic carbocycles. The molecule has 0 saturated carbocycles. The lowest BCUT2D eigenvalue weighted by atomic mass is 10.2. The second kappa shape index (κ2) is 7.86. The number of hydrogen-bond donors (Lipinski definition) is 1. The van der Waals surface area contributed by atoms with Gasteiger partial charge in [0.1, 0.15) is 5.75 Å². The zero-order valence-electron chi connectivity index (χ0n) is 14.3. The van der Waals surface area contributed by atoms with Crippen molar-refractivity contribution in [1.82, 2.24) is 4.31 Å². The molecule has 1 N–H and O–H groups in total. The molecule has 0 spiro atoms. The van der Waals surface area contributed by atoms with Crippen LogP contribution in [0, 0.1) is 0 Å². The number of amides is 1. The van der Waals surface area contributed by atoms with Crippen molar-refractivity contribution in [3.05, 3.63) is 54.1 Å². The fraction of sp³-hybridized carbons (Fsp3) is 0.278. The number of nitrogens with one attached hydrogen (secondary N) is 1. The summed E-state index contributed by atoms with van der Waals surface area (Å²) in [6.45, 7) is 1.30. The summed E-state index contributed by atoms with van der Waals surface area (Å²) in [5.74, 6) is -0.133. The summed E-state index contributed by atoms with van der Waals surface area (Å²) in [5, 5.41) is 2.74. The highest BCUT2D eigenvalue weighted by Crippen LogP contribution is 2.26. The number of carbonyl (C=O) groups is 1. The molecule has 1 amide bonds. The highest BCUT2D eigenvalue weighted by molar-refractivity contribution is 7.89. The third kappa shape index (κ3) is 3.87. The van der Waals surface area contributed by atoms with Crippen LogP contribution in [0.4, 0.5) is 5.69 Å². The van der Waals surface area contributed by atoms with Gasteiger partial charge < -0.3 is 14.8 Å². The number of morpholine rings is 1. The Kier molecular flexibility index (Phi) is 5.55. The van der Waals surface area contributed by atoms with Gasteiger partial charge in [-0.05, 0) is 30.3 Å². The van der Waals surface area contributed by atoms with Gasteiger partial charge >= 0.3 is 0 Å². The summed E-state index contributed by atoms with van der Waals surface area (Å²) in [5.41, 5.74) is 0.770. The summed E-state index contributed by atoms with van der Waals surface area (Å²) >= 11 is 0. The molecule has 0 aromatic heterocycles. The molecule has 26 heavy (non-hydrogen) atoms. The third-order valence-electron chi connectivity index (χ3n) is 4.06. The Balaban J connectivity index is 1.92. The second-order valence-electron chi connectivity index (χ2n) is 5.70. The smallest absolute Gasteiger partial charge is 0.259 e. The predicted octanol–water partition coefficient (Wildman–Crippen LogP) is 1.97. The Morgan fingerprint density at radius 2 is 1.81 bits per heavy atom. The van der Waals surface area contributed by atoms with Crippen LogP contribution in [0.5, 0.6) is 5.75 Å². The Morgan fingerprint density at radius 3 is 2.46 bits per heavy atom. The number of carbonyl (C=O) groups excluding carboxylic acids is 1. The first-order valence-electron chi connectivity index (χ1n) is 8.15. The lowest BCUT2D eigenvalue weighted by Crippen LogP contribution is -2.40. The van der Waals surface area contributed by atoms with Crippen molar-refractivity contribution < 1.29 is 22.7 Å². The van der Waals surface area contributed by atoms with Gasteiger partial charge in [0, 0.05) is 18.8 Å². The van der Waals surface area contributed by atoms with Crippen molar-refractivity contribution >= 4 is 21.6 Å².